The summed E-state index contributed by atoms with van der Waals surface area (Å²) in [6.07, 6.45) is 0.960. The molecular formula is C21H24N2O6S. The van der Waals surface area contributed by atoms with Crippen LogP contribution in [0, 0.1) is 0 Å². The Kier molecular flexibility index (Phi) is 8.11. The number of carbonyl (C=O) groups excluding carboxylic acids is 2. The molecule has 9 heteroatoms. The Bertz CT molecular complexity index is 915. The SMILES string of the molecule is CC(C)(C)OC(=O)Nc1nc(/C(=C/CCC(=O)OCc2ccccc2)C(=O)O)cs1. The van der Waals surface area contributed by atoms with E-state index in [1.807, 2.05) is 30.3 Å². The molecule has 2 aromatic rings. The average Bonchev–Trinajstić information content (AvgIpc) is 3.10. The predicted molar refractivity (Wildman–Crippen MR) is 113 cm³/mol. The first-order chi connectivity index (χ1) is 14.1. The van der Waals surface area contributed by atoms with Crippen molar-refractivity contribution in [2.24, 2.45) is 0 Å². The third-order valence-corrected chi connectivity index (χ3v) is 4.32. The Balaban J connectivity index is 1.91. The molecule has 1 heterocycles. The molecule has 2 N–H and O–H groups in total. The van der Waals surface area contributed by atoms with E-state index >= 15 is 0 Å². The largest absolute Gasteiger partial charge is 0.478 e. The van der Waals surface area contributed by atoms with Gasteiger partial charge >= 0.3 is 18.0 Å². The van der Waals surface area contributed by atoms with Crippen LogP contribution in [-0.4, -0.2) is 33.7 Å². The van der Waals surface area contributed by atoms with Gasteiger partial charge in [-0.2, -0.15) is 0 Å². The molecule has 30 heavy (non-hydrogen) atoms. The van der Waals surface area contributed by atoms with E-state index in [2.05, 4.69) is 10.3 Å². The lowest BCUT2D eigenvalue weighted by atomic mass is 10.1. The van der Waals surface area contributed by atoms with Gasteiger partial charge in [0.25, 0.3) is 0 Å². The summed E-state index contributed by atoms with van der Waals surface area (Å²) >= 11 is 1.08. The van der Waals surface area contributed by atoms with Crippen LogP contribution in [0.4, 0.5) is 9.93 Å². The summed E-state index contributed by atoms with van der Waals surface area (Å²) in [6, 6.07) is 9.27. The number of benzene rings is 1. The van der Waals surface area contributed by atoms with E-state index in [1.165, 1.54) is 11.5 Å². The van der Waals surface area contributed by atoms with Crippen molar-refractivity contribution in [2.75, 3.05) is 5.32 Å². The van der Waals surface area contributed by atoms with Gasteiger partial charge in [0, 0.05) is 11.8 Å². The minimum Gasteiger partial charge on any atom is -0.478 e. The summed E-state index contributed by atoms with van der Waals surface area (Å²) < 4.78 is 10.3. The van der Waals surface area contributed by atoms with Crippen LogP contribution in [0.1, 0.15) is 44.9 Å². The van der Waals surface area contributed by atoms with Gasteiger partial charge in [-0.05, 0) is 32.8 Å². The molecule has 0 unspecified atom stereocenters. The van der Waals surface area contributed by atoms with Crippen LogP contribution in [0.25, 0.3) is 5.57 Å². The Morgan fingerprint density at radius 1 is 1.20 bits per heavy atom. The first-order valence-corrected chi connectivity index (χ1v) is 10.1. The number of amides is 1. The van der Waals surface area contributed by atoms with Crippen molar-refractivity contribution in [1.29, 1.82) is 0 Å². The van der Waals surface area contributed by atoms with Crippen LogP contribution in [-0.2, 0) is 25.7 Å². The predicted octanol–water partition coefficient (Wildman–Crippen LogP) is 4.48. The van der Waals surface area contributed by atoms with E-state index in [-0.39, 0.29) is 35.8 Å². The van der Waals surface area contributed by atoms with E-state index in [1.54, 1.807) is 20.8 Å². The fourth-order valence-corrected chi connectivity index (χ4v) is 2.99. The van der Waals surface area contributed by atoms with Crippen LogP contribution >= 0.6 is 11.3 Å². The Morgan fingerprint density at radius 3 is 2.53 bits per heavy atom. The van der Waals surface area contributed by atoms with Gasteiger partial charge < -0.3 is 14.6 Å². The zero-order valence-electron chi connectivity index (χ0n) is 17.0. The summed E-state index contributed by atoms with van der Waals surface area (Å²) in [6.45, 7) is 5.36. The quantitative estimate of drug-likeness (QED) is 0.467. The lowest BCUT2D eigenvalue weighted by Crippen LogP contribution is -2.27. The number of carbonyl (C=O) groups is 3. The number of rotatable bonds is 8. The molecule has 8 nitrogen and oxygen atoms in total. The number of hydrogen-bond acceptors (Lipinski definition) is 7. The third kappa shape index (κ3) is 8.04. The number of nitrogens with one attached hydrogen (secondary N) is 1. The van der Waals surface area contributed by atoms with Crippen molar-refractivity contribution in [1.82, 2.24) is 4.98 Å². The minimum absolute atomic E-state index is 0.0385. The molecule has 0 saturated carbocycles. The zero-order valence-corrected chi connectivity index (χ0v) is 17.8. The molecule has 0 aliphatic rings. The smallest absolute Gasteiger partial charge is 0.413 e. The van der Waals surface area contributed by atoms with Gasteiger partial charge in [-0.3, -0.25) is 10.1 Å². The maximum absolute atomic E-state index is 11.9. The summed E-state index contributed by atoms with van der Waals surface area (Å²) in [5.74, 6) is -1.60. The first kappa shape index (κ1) is 23.1. The molecule has 0 saturated heterocycles. The second-order valence-corrected chi connectivity index (χ2v) is 8.13. The second-order valence-electron chi connectivity index (χ2n) is 7.27. The van der Waals surface area contributed by atoms with Crippen molar-refractivity contribution in [3.8, 4) is 0 Å². The average molecular weight is 432 g/mol. The highest BCUT2D eigenvalue weighted by molar-refractivity contribution is 7.14. The van der Waals surface area contributed by atoms with E-state index in [0.717, 1.165) is 16.9 Å². The molecule has 0 aliphatic carbocycles. The number of carboxylic acid groups (broad SMARTS) is 1. The highest BCUT2D eigenvalue weighted by atomic mass is 32.1. The van der Waals surface area contributed by atoms with Crippen LogP contribution in [0.2, 0.25) is 0 Å². The maximum atomic E-state index is 11.9. The first-order valence-electron chi connectivity index (χ1n) is 9.23. The number of carboxylic acids is 1. The summed E-state index contributed by atoms with van der Waals surface area (Å²) in [4.78, 5) is 39.4. The molecular weight excluding hydrogens is 408 g/mol. The normalized spacial score (nSPS) is 11.6. The number of nitrogens with zero attached hydrogens (tertiary/aromatic N) is 1. The monoisotopic (exact) mass is 432 g/mol. The Labute approximate surface area is 178 Å². The molecule has 0 aliphatic heterocycles. The summed E-state index contributed by atoms with van der Waals surface area (Å²) in [5.41, 5.74) is 0.349. The number of allylic oxidation sites excluding steroid dienone is 1. The lowest BCUT2D eigenvalue weighted by Gasteiger charge is -2.18. The number of hydrogen-bond donors (Lipinski definition) is 2. The van der Waals surface area contributed by atoms with Crippen molar-refractivity contribution in [3.05, 3.63) is 53.0 Å². The van der Waals surface area contributed by atoms with E-state index in [0.29, 0.717) is 0 Å². The third-order valence-electron chi connectivity index (χ3n) is 3.56. The lowest BCUT2D eigenvalue weighted by molar-refractivity contribution is -0.144. The second kappa shape index (κ2) is 10.5. The van der Waals surface area contributed by atoms with Crippen LogP contribution < -0.4 is 5.32 Å². The van der Waals surface area contributed by atoms with Gasteiger partial charge in [-0.1, -0.05) is 36.4 Å². The Morgan fingerprint density at radius 2 is 1.90 bits per heavy atom. The van der Waals surface area contributed by atoms with Crippen LogP contribution in [0.5, 0.6) is 0 Å². The molecule has 1 aromatic heterocycles. The summed E-state index contributed by atoms with van der Waals surface area (Å²) in [5, 5.41) is 13.7. The van der Waals surface area contributed by atoms with E-state index in [4.69, 9.17) is 9.47 Å². The number of aromatic nitrogens is 1. The highest BCUT2D eigenvalue weighted by Crippen LogP contribution is 2.23. The molecule has 0 radical (unpaired) electrons. The van der Waals surface area contributed by atoms with Gasteiger partial charge in [0.2, 0.25) is 0 Å². The van der Waals surface area contributed by atoms with E-state index in [9.17, 15) is 19.5 Å². The van der Waals surface area contributed by atoms with Crippen LogP contribution in [0.15, 0.2) is 41.8 Å². The number of thiazole rings is 1. The number of ether oxygens (including phenoxy) is 2. The van der Waals surface area contributed by atoms with Gasteiger partial charge in [-0.25, -0.2) is 14.6 Å². The zero-order chi connectivity index (χ0) is 22.1. The minimum atomic E-state index is -1.18. The van der Waals surface area contributed by atoms with Gasteiger partial charge in [-0.15, -0.1) is 11.3 Å². The standard InChI is InChI=1S/C21H24N2O6S/c1-21(2,3)29-20(27)23-19-22-16(13-30-19)15(18(25)26)10-7-11-17(24)28-12-14-8-5-4-6-9-14/h4-6,8-10,13H,7,11-12H2,1-3H3,(H,25,26)(H,22,23,27)/b15-10-. The molecule has 1 aromatic carbocycles. The molecule has 2 rings (SSSR count). The van der Waals surface area contributed by atoms with Gasteiger partial charge in [0.05, 0.1) is 11.3 Å². The molecule has 0 fully saturated rings. The highest BCUT2D eigenvalue weighted by Gasteiger charge is 2.19. The topological polar surface area (TPSA) is 115 Å². The van der Waals surface area contributed by atoms with Gasteiger partial charge in [0.15, 0.2) is 5.13 Å². The molecule has 160 valence electrons. The van der Waals surface area contributed by atoms with Crippen molar-refractivity contribution >= 4 is 40.1 Å². The fourth-order valence-electron chi connectivity index (χ4n) is 2.29. The Hall–Kier alpha value is -3.20. The van der Waals surface area contributed by atoms with Crippen molar-refractivity contribution in [2.45, 2.75) is 45.8 Å². The number of esters is 1. The fraction of sp³-hybridized carbons (Fsp3) is 0.333. The molecule has 0 spiro atoms. The summed E-state index contributed by atoms with van der Waals surface area (Å²) in [7, 11) is 0. The van der Waals surface area contributed by atoms with E-state index < -0.39 is 23.6 Å². The number of aliphatic carboxylic acids is 1. The van der Waals surface area contributed by atoms with Gasteiger partial charge in [0.1, 0.15) is 12.2 Å². The molecule has 0 bridgehead atoms. The van der Waals surface area contributed by atoms with Crippen molar-refractivity contribution in [3.63, 3.8) is 0 Å². The molecule has 0 atom stereocenters. The van der Waals surface area contributed by atoms with Crippen LogP contribution in [0.3, 0.4) is 0 Å². The van der Waals surface area contributed by atoms with Crippen molar-refractivity contribution < 1.29 is 29.0 Å². The number of anilines is 1. The maximum Gasteiger partial charge on any atom is 0.413 e. The molecule has 1 amide bonds.